The summed E-state index contributed by atoms with van der Waals surface area (Å²) < 4.78 is 1.96. The van der Waals surface area contributed by atoms with E-state index >= 15 is 0 Å². The van der Waals surface area contributed by atoms with Gasteiger partial charge in [-0.25, -0.2) is 10.4 Å². The number of hydrogen-bond acceptors (Lipinski definition) is 4. The molecule has 0 aliphatic heterocycles. The lowest BCUT2D eigenvalue weighted by molar-refractivity contribution is -0.121. The number of aromatic nitrogens is 2. The fraction of sp³-hybridized carbons (Fsp3) is 0.222. The largest absolute Gasteiger partial charge is 0.372 e. The van der Waals surface area contributed by atoms with E-state index in [9.17, 15) is 4.79 Å². The topological polar surface area (TPSA) is 62.5 Å². The number of nitrogens with zero attached hydrogens (tertiary/aromatic N) is 4. The molecule has 1 amide bonds. The van der Waals surface area contributed by atoms with Crippen LogP contribution in [0.15, 0.2) is 84.0 Å². The van der Waals surface area contributed by atoms with Crippen LogP contribution >= 0.6 is 0 Å². The number of amides is 1. The number of anilines is 1. The number of carbonyl (C=O) groups is 1. The molecule has 168 valence electrons. The van der Waals surface area contributed by atoms with Crippen molar-refractivity contribution >= 4 is 28.8 Å². The lowest BCUT2D eigenvalue weighted by Crippen LogP contribution is -2.24. The molecule has 4 rings (SSSR count). The van der Waals surface area contributed by atoms with E-state index in [1.807, 2.05) is 59.2 Å². The predicted octanol–water partition coefficient (Wildman–Crippen LogP) is 4.62. The minimum Gasteiger partial charge on any atom is -0.372 e. The lowest BCUT2D eigenvalue weighted by atomic mass is 10.1. The highest BCUT2D eigenvalue weighted by Crippen LogP contribution is 2.19. The average Bonchev–Trinajstić information content (AvgIpc) is 3.18. The first-order valence-corrected chi connectivity index (χ1v) is 11.3. The molecule has 1 aromatic heterocycles. The van der Waals surface area contributed by atoms with E-state index in [0.29, 0.717) is 6.42 Å². The van der Waals surface area contributed by atoms with Crippen molar-refractivity contribution in [3.8, 4) is 0 Å². The van der Waals surface area contributed by atoms with Crippen LogP contribution in [0.25, 0.3) is 11.0 Å². The van der Waals surface area contributed by atoms with E-state index in [1.165, 1.54) is 5.69 Å². The molecule has 0 fully saturated rings. The lowest BCUT2D eigenvalue weighted by Gasteiger charge is -2.20. The standard InChI is InChI=1S/C27H29N5O/c1-3-31(4-2)23-16-14-22(15-17-23)19-28-30-27(33)20-32-25-13-9-8-12-24(25)29-26(32)18-21-10-6-5-7-11-21/h5-17,19H,3-4,18,20H2,1-2H3,(H,30,33). The summed E-state index contributed by atoms with van der Waals surface area (Å²) in [6, 6.07) is 26.2. The van der Waals surface area contributed by atoms with E-state index in [4.69, 9.17) is 4.98 Å². The van der Waals surface area contributed by atoms with Crippen LogP contribution in [-0.4, -0.2) is 34.8 Å². The maximum atomic E-state index is 12.7. The van der Waals surface area contributed by atoms with Crippen molar-refractivity contribution in [3.63, 3.8) is 0 Å². The summed E-state index contributed by atoms with van der Waals surface area (Å²) in [5.74, 6) is 0.664. The molecule has 0 radical (unpaired) electrons. The van der Waals surface area contributed by atoms with Gasteiger partial charge in [-0.3, -0.25) is 4.79 Å². The summed E-state index contributed by atoms with van der Waals surface area (Å²) in [4.78, 5) is 19.7. The summed E-state index contributed by atoms with van der Waals surface area (Å²) in [5.41, 5.74) is 7.75. The Morgan fingerprint density at radius 3 is 2.39 bits per heavy atom. The van der Waals surface area contributed by atoms with Crippen LogP contribution in [0, 0.1) is 0 Å². The molecule has 4 aromatic rings. The van der Waals surface area contributed by atoms with Crippen molar-refractivity contribution in [3.05, 3.63) is 95.8 Å². The molecule has 0 aliphatic carbocycles. The summed E-state index contributed by atoms with van der Waals surface area (Å²) in [5, 5.41) is 4.16. The first-order valence-electron chi connectivity index (χ1n) is 11.3. The third-order valence-electron chi connectivity index (χ3n) is 5.66. The normalized spacial score (nSPS) is 11.2. The number of nitrogens with one attached hydrogen (secondary N) is 1. The van der Waals surface area contributed by atoms with Gasteiger partial charge in [-0.05, 0) is 49.2 Å². The Balaban J connectivity index is 1.45. The fourth-order valence-electron chi connectivity index (χ4n) is 3.93. The minimum absolute atomic E-state index is 0.154. The minimum atomic E-state index is -0.191. The van der Waals surface area contributed by atoms with Crippen molar-refractivity contribution in [2.24, 2.45) is 5.10 Å². The molecular weight excluding hydrogens is 410 g/mol. The first kappa shape index (κ1) is 22.3. The zero-order valence-corrected chi connectivity index (χ0v) is 19.1. The maximum absolute atomic E-state index is 12.7. The molecule has 0 saturated carbocycles. The quantitative estimate of drug-likeness (QED) is 0.306. The molecule has 1 N–H and O–H groups in total. The van der Waals surface area contributed by atoms with Gasteiger partial charge in [0.05, 0.1) is 17.2 Å². The average molecular weight is 440 g/mol. The molecule has 0 atom stereocenters. The summed E-state index contributed by atoms with van der Waals surface area (Å²) in [6.07, 6.45) is 2.33. The van der Waals surface area contributed by atoms with Crippen molar-refractivity contribution in [1.82, 2.24) is 15.0 Å². The Hall–Kier alpha value is -3.93. The van der Waals surface area contributed by atoms with Gasteiger partial charge < -0.3 is 9.47 Å². The Labute approximate surface area is 194 Å². The van der Waals surface area contributed by atoms with E-state index in [0.717, 1.165) is 41.1 Å². The van der Waals surface area contributed by atoms with Gasteiger partial charge in [0.1, 0.15) is 12.4 Å². The van der Waals surface area contributed by atoms with Crippen LogP contribution < -0.4 is 10.3 Å². The van der Waals surface area contributed by atoms with Gasteiger partial charge in [-0.15, -0.1) is 0 Å². The Bertz CT molecular complexity index is 1220. The van der Waals surface area contributed by atoms with Gasteiger partial charge in [-0.2, -0.15) is 5.10 Å². The Morgan fingerprint density at radius 2 is 1.67 bits per heavy atom. The molecule has 6 heteroatoms. The second-order valence-electron chi connectivity index (χ2n) is 7.82. The number of para-hydroxylation sites is 2. The first-order chi connectivity index (χ1) is 16.2. The molecule has 0 unspecified atom stereocenters. The zero-order valence-electron chi connectivity index (χ0n) is 19.1. The number of rotatable bonds is 9. The molecule has 0 spiro atoms. The Kier molecular flexibility index (Phi) is 7.15. The number of fused-ring (bicyclic) bond motifs is 1. The third-order valence-corrected chi connectivity index (χ3v) is 5.66. The van der Waals surface area contributed by atoms with Gasteiger partial charge >= 0.3 is 0 Å². The smallest absolute Gasteiger partial charge is 0.260 e. The van der Waals surface area contributed by atoms with Crippen LogP contribution in [0.3, 0.4) is 0 Å². The zero-order chi connectivity index (χ0) is 23.0. The molecular formula is C27H29N5O. The van der Waals surface area contributed by atoms with Crippen molar-refractivity contribution in [2.75, 3.05) is 18.0 Å². The third kappa shape index (κ3) is 5.47. The van der Waals surface area contributed by atoms with E-state index < -0.39 is 0 Å². The summed E-state index contributed by atoms with van der Waals surface area (Å²) >= 11 is 0. The van der Waals surface area contributed by atoms with E-state index in [1.54, 1.807) is 6.21 Å². The van der Waals surface area contributed by atoms with Crippen LogP contribution in [0.1, 0.15) is 30.8 Å². The van der Waals surface area contributed by atoms with Crippen molar-refractivity contribution < 1.29 is 4.79 Å². The van der Waals surface area contributed by atoms with Crippen molar-refractivity contribution in [2.45, 2.75) is 26.8 Å². The fourth-order valence-corrected chi connectivity index (χ4v) is 3.93. The number of hydrazone groups is 1. The monoisotopic (exact) mass is 439 g/mol. The predicted molar refractivity (Wildman–Crippen MR) is 135 cm³/mol. The van der Waals surface area contributed by atoms with Crippen molar-refractivity contribution in [1.29, 1.82) is 0 Å². The second kappa shape index (κ2) is 10.6. The van der Waals surface area contributed by atoms with Crippen LogP contribution in [0.2, 0.25) is 0 Å². The Morgan fingerprint density at radius 1 is 0.970 bits per heavy atom. The number of imidazole rings is 1. The highest BCUT2D eigenvalue weighted by molar-refractivity contribution is 5.84. The van der Waals surface area contributed by atoms with Gasteiger partial charge in [-0.1, -0.05) is 54.6 Å². The molecule has 1 heterocycles. The SMILES string of the molecule is CCN(CC)c1ccc(C=NNC(=O)Cn2c(Cc3ccccc3)nc3ccccc32)cc1. The molecule has 33 heavy (non-hydrogen) atoms. The number of benzene rings is 3. The van der Waals surface area contributed by atoms with Crippen LogP contribution in [0.4, 0.5) is 5.69 Å². The molecule has 0 saturated heterocycles. The highest BCUT2D eigenvalue weighted by Gasteiger charge is 2.13. The summed E-state index contributed by atoms with van der Waals surface area (Å²) in [6.45, 7) is 6.37. The summed E-state index contributed by atoms with van der Waals surface area (Å²) in [7, 11) is 0. The van der Waals surface area contributed by atoms with Gasteiger partial charge in [0.15, 0.2) is 0 Å². The van der Waals surface area contributed by atoms with Gasteiger partial charge in [0.25, 0.3) is 5.91 Å². The highest BCUT2D eigenvalue weighted by atomic mass is 16.2. The van der Waals surface area contributed by atoms with E-state index in [2.05, 4.69) is 53.5 Å². The van der Waals surface area contributed by atoms with E-state index in [-0.39, 0.29) is 12.5 Å². The molecule has 6 nitrogen and oxygen atoms in total. The maximum Gasteiger partial charge on any atom is 0.260 e. The number of carbonyl (C=O) groups excluding carboxylic acids is 1. The number of hydrogen-bond donors (Lipinski definition) is 1. The van der Waals surface area contributed by atoms with Gasteiger partial charge in [0.2, 0.25) is 0 Å². The van der Waals surface area contributed by atoms with Crippen LogP contribution in [0.5, 0.6) is 0 Å². The second-order valence-corrected chi connectivity index (χ2v) is 7.82. The molecule has 0 aliphatic rings. The molecule has 0 bridgehead atoms. The molecule has 3 aromatic carbocycles. The van der Waals surface area contributed by atoms with Crippen LogP contribution in [-0.2, 0) is 17.8 Å². The van der Waals surface area contributed by atoms with Gasteiger partial charge in [0, 0.05) is 25.2 Å².